The van der Waals surface area contributed by atoms with Crippen LogP contribution in [0.1, 0.15) is 35.3 Å². The van der Waals surface area contributed by atoms with Gasteiger partial charge in [0.25, 0.3) is 0 Å². The van der Waals surface area contributed by atoms with E-state index in [-0.39, 0.29) is 23.8 Å². The summed E-state index contributed by atoms with van der Waals surface area (Å²) >= 11 is 0. The maximum Gasteiger partial charge on any atom is 0.417 e. The molecule has 1 aromatic heterocycles. The maximum atomic E-state index is 13.8. The normalized spacial score (nSPS) is 11.7. The zero-order valence-corrected chi connectivity index (χ0v) is 14.3. The summed E-state index contributed by atoms with van der Waals surface area (Å²) in [6.07, 6.45) is -4.94. The zero-order valence-electron chi connectivity index (χ0n) is 14.3. The highest BCUT2D eigenvalue weighted by Gasteiger charge is 2.39. The Morgan fingerprint density at radius 2 is 1.92 bits per heavy atom. The average molecular weight is 371 g/mol. The van der Waals surface area contributed by atoms with Gasteiger partial charge >= 0.3 is 12.1 Å². The zero-order chi connectivity index (χ0) is 19.6. The van der Waals surface area contributed by atoms with Gasteiger partial charge in [0.1, 0.15) is 11.4 Å². The number of halogens is 4. The minimum absolute atomic E-state index is 0.0176. The van der Waals surface area contributed by atoms with Gasteiger partial charge in [0.2, 0.25) is 5.88 Å². The van der Waals surface area contributed by atoms with Gasteiger partial charge in [-0.1, -0.05) is 26.0 Å². The molecule has 26 heavy (non-hydrogen) atoms. The van der Waals surface area contributed by atoms with Crippen LogP contribution in [0.3, 0.4) is 0 Å². The Morgan fingerprint density at radius 1 is 1.27 bits per heavy atom. The Labute approximate surface area is 147 Å². The number of hydrogen-bond acceptors (Lipinski definition) is 3. The first-order valence-corrected chi connectivity index (χ1v) is 7.75. The molecule has 0 saturated heterocycles. The number of carboxylic acids is 1. The maximum absolute atomic E-state index is 13.8. The van der Waals surface area contributed by atoms with Crippen molar-refractivity contribution in [2.24, 2.45) is 5.92 Å². The lowest BCUT2D eigenvalue weighted by Gasteiger charge is -2.17. The van der Waals surface area contributed by atoms with E-state index in [0.717, 1.165) is 6.07 Å². The van der Waals surface area contributed by atoms with Crippen molar-refractivity contribution in [3.05, 3.63) is 46.8 Å². The summed E-state index contributed by atoms with van der Waals surface area (Å²) in [4.78, 5) is 15.3. The van der Waals surface area contributed by atoms with Gasteiger partial charge in [0.05, 0.1) is 17.9 Å². The first-order chi connectivity index (χ1) is 12.0. The third-order valence-corrected chi connectivity index (χ3v) is 3.53. The van der Waals surface area contributed by atoms with E-state index in [2.05, 4.69) is 4.98 Å². The molecule has 1 aromatic carbocycles. The molecule has 2 aromatic rings. The average Bonchev–Trinajstić information content (AvgIpc) is 2.53. The molecule has 0 unspecified atom stereocenters. The summed E-state index contributed by atoms with van der Waals surface area (Å²) in [5.41, 5.74) is -2.27. The van der Waals surface area contributed by atoms with Crippen LogP contribution in [-0.2, 0) is 6.18 Å². The third kappa shape index (κ3) is 4.30. The Hall–Kier alpha value is -2.64. The lowest BCUT2D eigenvalue weighted by atomic mass is 10.0. The number of aromatic carboxylic acids is 1. The van der Waals surface area contributed by atoms with Crippen molar-refractivity contribution >= 4 is 5.97 Å². The minimum atomic E-state index is -4.94. The largest absolute Gasteiger partial charge is 0.477 e. The van der Waals surface area contributed by atoms with Gasteiger partial charge in [0.15, 0.2) is 0 Å². The molecule has 0 spiro atoms. The number of aromatic nitrogens is 1. The predicted octanol–water partition coefficient (Wildman–Crippen LogP) is 4.95. The van der Waals surface area contributed by atoms with Crippen molar-refractivity contribution in [2.75, 3.05) is 6.61 Å². The Balaban J connectivity index is 2.71. The van der Waals surface area contributed by atoms with Crippen LogP contribution in [0, 0.1) is 18.7 Å². The van der Waals surface area contributed by atoms with Gasteiger partial charge in [-0.3, -0.25) is 0 Å². The fraction of sp³-hybridized carbons (Fsp3) is 0.333. The first kappa shape index (κ1) is 19.7. The molecule has 140 valence electrons. The van der Waals surface area contributed by atoms with Crippen LogP contribution in [0.4, 0.5) is 17.6 Å². The lowest BCUT2D eigenvalue weighted by Crippen LogP contribution is -2.17. The molecule has 0 aliphatic carbocycles. The van der Waals surface area contributed by atoms with Crippen LogP contribution >= 0.6 is 0 Å². The van der Waals surface area contributed by atoms with Gasteiger partial charge in [-0.15, -0.1) is 0 Å². The van der Waals surface area contributed by atoms with E-state index >= 15 is 0 Å². The number of alkyl halides is 3. The second kappa shape index (κ2) is 7.31. The van der Waals surface area contributed by atoms with E-state index in [0.29, 0.717) is 11.6 Å². The van der Waals surface area contributed by atoms with Crippen LogP contribution in [0.15, 0.2) is 24.3 Å². The van der Waals surface area contributed by atoms with Crippen LogP contribution in [-0.4, -0.2) is 22.7 Å². The summed E-state index contributed by atoms with van der Waals surface area (Å²) in [6, 6.07) is 4.45. The van der Waals surface area contributed by atoms with E-state index in [1.807, 2.05) is 0 Å². The van der Waals surface area contributed by atoms with E-state index in [9.17, 15) is 27.5 Å². The third-order valence-electron chi connectivity index (χ3n) is 3.53. The molecule has 1 heterocycles. The molecule has 0 aliphatic heterocycles. The number of hydrogen-bond donors (Lipinski definition) is 1. The van der Waals surface area contributed by atoms with Crippen molar-refractivity contribution in [2.45, 2.75) is 26.9 Å². The van der Waals surface area contributed by atoms with Crippen LogP contribution in [0.5, 0.6) is 5.88 Å². The van der Waals surface area contributed by atoms with Gasteiger partial charge in [-0.25, -0.2) is 14.2 Å². The quantitative estimate of drug-likeness (QED) is 0.756. The fourth-order valence-corrected chi connectivity index (χ4v) is 2.20. The van der Waals surface area contributed by atoms with E-state index in [1.54, 1.807) is 13.8 Å². The monoisotopic (exact) mass is 371 g/mol. The van der Waals surface area contributed by atoms with Gasteiger partial charge in [0, 0.05) is 5.56 Å². The van der Waals surface area contributed by atoms with Crippen molar-refractivity contribution in [1.82, 2.24) is 4.98 Å². The van der Waals surface area contributed by atoms with E-state index in [4.69, 9.17) is 4.74 Å². The number of nitrogens with zero attached hydrogens (tertiary/aromatic N) is 1. The minimum Gasteiger partial charge on any atom is -0.477 e. The standard InChI is InChI=1S/C18H17F4NO3/c1-9(2)8-26-16-15(17(24)25)12(18(20,21)22)7-14(23-16)11-5-4-10(3)13(19)6-11/h4-7,9H,8H2,1-3H3,(H,24,25). The molecule has 0 fully saturated rings. The molecule has 1 N–H and O–H groups in total. The number of benzene rings is 1. The number of aryl methyl sites for hydroxylation is 1. The number of ether oxygens (including phenoxy) is 1. The second-order valence-corrected chi connectivity index (χ2v) is 6.21. The smallest absolute Gasteiger partial charge is 0.417 e. The highest BCUT2D eigenvalue weighted by Crippen LogP contribution is 2.38. The summed E-state index contributed by atoms with van der Waals surface area (Å²) < 4.78 is 59.2. The Kier molecular flexibility index (Phi) is 5.53. The summed E-state index contributed by atoms with van der Waals surface area (Å²) in [5.74, 6) is -3.11. The van der Waals surface area contributed by atoms with Crippen molar-refractivity contribution in [3.63, 3.8) is 0 Å². The Bertz CT molecular complexity index is 832. The molecule has 4 nitrogen and oxygen atoms in total. The molecule has 0 bridgehead atoms. The topological polar surface area (TPSA) is 59.4 Å². The van der Waals surface area contributed by atoms with Crippen LogP contribution < -0.4 is 4.74 Å². The van der Waals surface area contributed by atoms with Gasteiger partial charge in [-0.2, -0.15) is 13.2 Å². The van der Waals surface area contributed by atoms with Gasteiger partial charge in [-0.05, 0) is 30.5 Å². The molecule has 8 heteroatoms. The fourth-order valence-electron chi connectivity index (χ4n) is 2.20. The van der Waals surface area contributed by atoms with Crippen molar-refractivity contribution < 1.29 is 32.2 Å². The molecule has 0 amide bonds. The molecule has 0 radical (unpaired) electrons. The van der Waals surface area contributed by atoms with Crippen LogP contribution in [0.25, 0.3) is 11.3 Å². The summed E-state index contributed by atoms with van der Waals surface area (Å²) in [5, 5.41) is 9.24. The summed E-state index contributed by atoms with van der Waals surface area (Å²) in [6.45, 7) is 5.00. The van der Waals surface area contributed by atoms with Crippen molar-refractivity contribution in [1.29, 1.82) is 0 Å². The van der Waals surface area contributed by atoms with Crippen molar-refractivity contribution in [3.8, 4) is 17.1 Å². The molecular formula is C18H17F4NO3. The molecule has 0 atom stereocenters. The lowest BCUT2D eigenvalue weighted by molar-refractivity contribution is -0.138. The highest BCUT2D eigenvalue weighted by atomic mass is 19.4. The number of pyridine rings is 1. The van der Waals surface area contributed by atoms with E-state index in [1.165, 1.54) is 19.1 Å². The molecular weight excluding hydrogens is 354 g/mol. The Morgan fingerprint density at radius 3 is 2.42 bits per heavy atom. The molecule has 2 rings (SSSR count). The number of rotatable bonds is 5. The second-order valence-electron chi connectivity index (χ2n) is 6.21. The number of carboxylic acid groups (broad SMARTS) is 1. The first-order valence-electron chi connectivity index (χ1n) is 7.75. The predicted molar refractivity (Wildman–Crippen MR) is 86.7 cm³/mol. The van der Waals surface area contributed by atoms with Gasteiger partial charge < -0.3 is 9.84 Å². The van der Waals surface area contributed by atoms with Crippen LogP contribution in [0.2, 0.25) is 0 Å². The summed E-state index contributed by atoms with van der Waals surface area (Å²) in [7, 11) is 0. The molecule has 0 saturated carbocycles. The SMILES string of the molecule is Cc1ccc(-c2cc(C(F)(F)F)c(C(=O)O)c(OCC(C)C)n2)cc1F. The van der Waals surface area contributed by atoms with E-state index < -0.39 is 35.0 Å². The molecule has 0 aliphatic rings. The number of carbonyl (C=O) groups is 1. The highest BCUT2D eigenvalue weighted by molar-refractivity contribution is 5.93.